The molecule has 0 fully saturated rings. The highest BCUT2D eigenvalue weighted by atomic mass is 127. The number of benzene rings is 2. The molecule has 0 aliphatic heterocycles. The lowest BCUT2D eigenvalue weighted by molar-refractivity contribution is -0.0505. The summed E-state index contributed by atoms with van der Waals surface area (Å²) in [5, 5.41) is 6.25. The number of nitrogens with zero attached hydrogens (tertiary/aromatic N) is 1. The molecule has 0 heterocycles. The van der Waals surface area contributed by atoms with Gasteiger partial charge in [-0.25, -0.2) is 0 Å². The number of hydrogen-bond acceptors (Lipinski definition) is 5. The molecule has 32 heavy (non-hydrogen) atoms. The van der Waals surface area contributed by atoms with Crippen molar-refractivity contribution in [2.75, 3.05) is 34.4 Å². The zero-order valence-corrected chi connectivity index (χ0v) is 20.7. The molecule has 0 saturated heterocycles. The molecular formula is C22H30F2IN3O4. The van der Waals surface area contributed by atoms with E-state index in [2.05, 4.69) is 20.4 Å². The molecule has 2 rings (SSSR count). The molecule has 0 radical (unpaired) electrons. The minimum atomic E-state index is -2.90. The molecule has 0 aliphatic carbocycles. The van der Waals surface area contributed by atoms with Gasteiger partial charge in [0.1, 0.15) is 17.2 Å². The number of guanidine groups is 1. The van der Waals surface area contributed by atoms with Gasteiger partial charge in [-0.1, -0.05) is 12.1 Å². The lowest BCUT2D eigenvalue weighted by atomic mass is 10.2. The van der Waals surface area contributed by atoms with Crippen LogP contribution >= 0.6 is 24.0 Å². The molecule has 10 heteroatoms. The average Bonchev–Trinajstić information content (AvgIpc) is 2.78. The highest BCUT2D eigenvalue weighted by molar-refractivity contribution is 14.0. The zero-order valence-electron chi connectivity index (χ0n) is 18.4. The number of ether oxygens (including phenoxy) is 4. The minimum Gasteiger partial charge on any atom is -0.497 e. The smallest absolute Gasteiger partial charge is 0.387 e. The monoisotopic (exact) mass is 565 g/mol. The fourth-order valence-electron chi connectivity index (χ4n) is 2.72. The van der Waals surface area contributed by atoms with Crippen molar-refractivity contribution in [1.29, 1.82) is 0 Å². The summed E-state index contributed by atoms with van der Waals surface area (Å²) in [7, 11) is 4.78. The molecule has 2 aromatic carbocycles. The lowest BCUT2D eigenvalue weighted by Gasteiger charge is -2.15. The molecule has 0 bridgehead atoms. The van der Waals surface area contributed by atoms with E-state index in [1.807, 2.05) is 24.3 Å². The van der Waals surface area contributed by atoms with Crippen molar-refractivity contribution in [1.82, 2.24) is 10.6 Å². The highest BCUT2D eigenvalue weighted by Crippen LogP contribution is 2.25. The van der Waals surface area contributed by atoms with Gasteiger partial charge in [-0.3, -0.25) is 4.99 Å². The van der Waals surface area contributed by atoms with Gasteiger partial charge in [0.2, 0.25) is 0 Å². The number of aliphatic imine (C=N–C) groups is 1. The van der Waals surface area contributed by atoms with Crippen LogP contribution in [0.1, 0.15) is 17.5 Å². The molecule has 0 unspecified atom stereocenters. The van der Waals surface area contributed by atoms with Crippen LogP contribution in [-0.4, -0.2) is 47.0 Å². The Morgan fingerprint density at radius 3 is 2.31 bits per heavy atom. The summed E-state index contributed by atoms with van der Waals surface area (Å²) in [5.74, 6) is 2.00. The van der Waals surface area contributed by atoms with E-state index in [0.717, 1.165) is 17.7 Å². The SMILES string of the molecule is CN=C(NCCCOCc1ccc(OC)cc1)NCc1cc(OC)ccc1OC(F)F.I. The zero-order chi connectivity index (χ0) is 22.5. The molecule has 2 aromatic rings. The molecule has 0 spiro atoms. The fourth-order valence-corrected chi connectivity index (χ4v) is 2.72. The van der Waals surface area contributed by atoms with E-state index in [9.17, 15) is 8.78 Å². The summed E-state index contributed by atoms with van der Waals surface area (Å²) in [4.78, 5) is 4.14. The predicted molar refractivity (Wildman–Crippen MR) is 131 cm³/mol. The first-order valence-electron chi connectivity index (χ1n) is 9.82. The lowest BCUT2D eigenvalue weighted by Crippen LogP contribution is -2.37. The summed E-state index contributed by atoms with van der Waals surface area (Å²) >= 11 is 0. The molecular weight excluding hydrogens is 535 g/mol. The maximum absolute atomic E-state index is 12.6. The van der Waals surface area contributed by atoms with Gasteiger partial charge in [0, 0.05) is 32.3 Å². The van der Waals surface area contributed by atoms with Gasteiger partial charge in [-0.05, 0) is 42.3 Å². The van der Waals surface area contributed by atoms with Gasteiger partial charge < -0.3 is 29.6 Å². The molecule has 2 N–H and O–H groups in total. The van der Waals surface area contributed by atoms with Crippen molar-refractivity contribution in [3.8, 4) is 17.2 Å². The summed E-state index contributed by atoms with van der Waals surface area (Å²) in [6, 6.07) is 12.4. The van der Waals surface area contributed by atoms with Gasteiger partial charge in [0.25, 0.3) is 0 Å². The number of alkyl halides is 2. The first-order valence-corrected chi connectivity index (χ1v) is 9.82. The molecule has 0 amide bonds. The molecule has 0 aliphatic rings. The Bertz CT molecular complexity index is 823. The Hall–Kier alpha value is -2.34. The van der Waals surface area contributed by atoms with Crippen LogP contribution in [0.25, 0.3) is 0 Å². The first kappa shape index (κ1) is 27.7. The van der Waals surface area contributed by atoms with Crippen LogP contribution in [0.5, 0.6) is 17.2 Å². The maximum Gasteiger partial charge on any atom is 0.387 e. The third-order valence-corrected chi connectivity index (χ3v) is 4.34. The summed E-state index contributed by atoms with van der Waals surface area (Å²) in [6.07, 6.45) is 0.774. The van der Waals surface area contributed by atoms with Crippen molar-refractivity contribution < 1.29 is 27.7 Å². The van der Waals surface area contributed by atoms with Crippen LogP contribution in [-0.2, 0) is 17.9 Å². The van der Waals surface area contributed by atoms with Crippen molar-refractivity contribution in [2.24, 2.45) is 4.99 Å². The number of rotatable bonds is 12. The van der Waals surface area contributed by atoms with E-state index in [4.69, 9.17) is 14.2 Å². The Balaban J connectivity index is 0.00000512. The molecule has 0 aromatic heterocycles. The molecule has 7 nitrogen and oxygen atoms in total. The van der Waals surface area contributed by atoms with Crippen LogP contribution in [0.2, 0.25) is 0 Å². The maximum atomic E-state index is 12.6. The van der Waals surface area contributed by atoms with Crippen LogP contribution in [0.4, 0.5) is 8.78 Å². The summed E-state index contributed by atoms with van der Waals surface area (Å²) < 4.78 is 45.8. The van der Waals surface area contributed by atoms with Crippen LogP contribution in [0, 0.1) is 0 Å². The Morgan fingerprint density at radius 1 is 1.00 bits per heavy atom. The van der Waals surface area contributed by atoms with Gasteiger partial charge >= 0.3 is 6.61 Å². The van der Waals surface area contributed by atoms with Crippen LogP contribution in [0.3, 0.4) is 0 Å². The highest BCUT2D eigenvalue weighted by Gasteiger charge is 2.11. The third-order valence-electron chi connectivity index (χ3n) is 4.34. The quantitative estimate of drug-likeness (QED) is 0.174. The predicted octanol–water partition coefficient (Wildman–Crippen LogP) is 4.20. The van der Waals surface area contributed by atoms with E-state index in [-0.39, 0.29) is 36.3 Å². The molecule has 0 saturated carbocycles. The normalized spacial score (nSPS) is 11.0. The number of methoxy groups -OCH3 is 2. The second-order valence-electron chi connectivity index (χ2n) is 6.46. The number of hydrogen-bond donors (Lipinski definition) is 2. The minimum absolute atomic E-state index is 0. The topological polar surface area (TPSA) is 73.3 Å². The van der Waals surface area contributed by atoms with Gasteiger partial charge in [0.15, 0.2) is 5.96 Å². The number of nitrogens with one attached hydrogen (secondary N) is 2. The summed E-state index contributed by atoms with van der Waals surface area (Å²) in [6.45, 7) is -0.909. The van der Waals surface area contributed by atoms with E-state index in [1.54, 1.807) is 26.3 Å². The largest absolute Gasteiger partial charge is 0.497 e. The fraction of sp³-hybridized carbons (Fsp3) is 0.409. The standard InChI is InChI=1S/C22H29F2N3O4.HI/c1-25-22(26-11-4-12-30-15-16-5-7-18(28-2)8-6-16)27-14-17-13-19(29-3)9-10-20(17)31-21(23)24;/h5-10,13,21H,4,11-12,14-15H2,1-3H3,(H2,25,26,27);1H. The Morgan fingerprint density at radius 2 is 1.69 bits per heavy atom. The Labute approximate surface area is 204 Å². The number of halogens is 3. The van der Waals surface area contributed by atoms with Gasteiger partial charge in [0.05, 0.1) is 20.8 Å². The van der Waals surface area contributed by atoms with E-state index < -0.39 is 6.61 Å². The van der Waals surface area contributed by atoms with Crippen molar-refractivity contribution in [3.05, 3.63) is 53.6 Å². The summed E-state index contributed by atoms with van der Waals surface area (Å²) in [5.41, 5.74) is 1.61. The molecule has 0 atom stereocenters. The van der Waals surface area contributed by atoms with Crippen LogP contribution in [0.15, 0.2) is 47.5 Å². The van der Waals surface area contributed by atoms with Gasteiger partial charge in [-0.2, -0.15) is 8.78 Å². The van der Waals surface area contributed by atoms with Gasteiger partial charge in [-0.15, -0.1) is 24.0 Å². The van der Waals surface area contributed by atoms with Crippen LogP contribution < -0.4 is 24.8 Å². The second kappa shape index (κ2) is 15.5. The third kappa shape index (κ3) is 9.86. The van der Waals surface area contributed by atoms with Crippen molar-refractivity contribution >= 4 is 29.9 Å². The van der Waals surface area contributed by atoms with Crippen molar-refractivity contribution in [3.63, 3.8) is 0 Å². The van der Waals surface area contributed by atoms with Crippen molar-refractivity contribution in [2.45, 2.75) is 26.2 Å². The Kier molecular flexibility index (Phi) is 13.4. The van der Waals surface area contributed by atoms with E-state index in [0.29, 0.717) is 37.0 Å². The average molecular weight is 565 g/mol. The first-order chi connectivity index (χ1) is 15.0. The molecule has 178 valence electrons. The van der Waals surface area contributed by atoms with E-state index in [1.165, 1.54) is 13.2 Å². The second-order valence-corrected chi connectivity index (χ2v) is 6.46. The van der Waals surface area contributed by atoms with E-state index >= 15 is 0 Å².